The summed E-state index contributed by atoms with van der Waals surface area (Å²) >= 11 is 12.9. The van der Waals surface area contributed by atoms with Gasteiger partial charge in [0.2, 0.25) is 0 Å². The predicted octanol–water partition coefficient (Wildman–Crippen LogP) is 5.48. The average Bonchev–Trinajstić information content (AvgIpc) is 2.36. The number of hydrogen-bond acceptors (Lipinski definition) is 2. The third kappa shape index (κ3) is 3.05. The minimum Gasteiger partial charge on any atom is -0.353 e. The zero-order valence-corrected chi connectivity index (χ0v) is 13.0. The van der Waals surface area contributed by atoms with Crippen molar-refractivity contribution < 1.29 is 0 Å². The van der Waals surface area contributed by atoms with E-state index in [2.05, 4.69) is 43.2 Å². The molecule has 0 bridgehead atoms. The molecule has 0 aliphatic rings. The zero-order chi connectivity index (χ0) is 13.1. The van der Waals surface area contributed by atoms with Gasteiger partial charge in [-0.1, -0.05) is 27.5 Å². The highest BCUT2D eigenvalue weighted by molar-refractivity contribution is 9.10. The highest BCUT2D eigenvalue weighted by atomic mass is 79.9. The van der Waals surface area contributed by atoms with Crippen LogP contribution in [-0.2, 0) is 0 Å². The van der Waals surface area contributed by atoms with Crippen LogP contribution < -0.4 is 5.32 Å². The van der Waals surface area contributed by atoms with Crippen LogP contribution in [0.1, 0.15) is 5.56 Å². The molecule has 1 N–H and O–H groups in total. The summed E-state index contributed by atoms with van der Waals surface area (Å²) in [5.41, 5.74) is 2.26. The van der Waals surface area contributed by atoms with E-state index >= 15 is 0 Å². The fourth-order valence-electron chi connectivity index (χ4n) is 1.42. The molecule has 0 heterocycles. The van der Waals surface area contributed by atoms with Crippen molar-refractivity contribution in [3.63, 3.8) is 0 Å². The number of nitrogens with zero attached hydrogens (tertiary/aromatic N) is 1. The van der Waals surface area contributed by atoms with Gasteiger partial charge in [-0.2, -0.15) is 5.26 Å². The van der Waals surface area contributed by atoms with Crippen LogP contribution in [0.5, 0.6) is 0 Å². The summed E-state index contributed by atoms with van der Waals surface area (Å²) in [4.78, 5) is 0. The maximum absolute atomic E-state index is 8.80. The van der Waals surface area contributed by atoms with E-state index in [1.54, 1.807) is 12.1 Å². The Morgan fingerprint density at radius 1 is 1.06 bits per heavy atom. The van der Waals surface area contributed by atoms with E-state index < -0.39 is 0 Å². The van der Waals surface area contributed by atoms with Gasteiger partial charge in [-0.05, 0) is 52.3 Å². The molecule has 0 fully saturated rings. The molecule has 0 saturated heterocycles. The molecule has 0 spiro atoms. The zero-order valence-electron chi connectivity index (χ0n) is 9.05. The van der Waals surface area contributed by atoms with E-state index in [4.69, 9.17) is 16.9 Å². The van der Waals surface area contributed by atoms with Gasteiger partial charge >= 0.3 is 0 Å². The van der Waals surface area contributed by atoms with Crippen molar-refractivity contribution in [1.29, 1.82) is 5.26 Å². The van der Waals surface area contributed by atoms with E-state index in [0.29, 0.717) is 10.6 Å². The number of halogens is 3. The van der Waals surface area contributed by atoms with Gasteiger partial charge in [-0.25, -0.2) is 0 Å². The lowest BCUT2D eigenvalue weighted by molar-refractivity contribution is 1.46. The quantitative estimate of drug-likeness (QED) is 0.742. The number of rotatable bonds is 2. The van der Waals surface area contributed by atoms with Crippen LogP contribution in [0, 0.1) is 11.3 Å². The Labute approximate surface area is 127 Å². The van der Waals surface area contributed by atoms with Crippen LogP contribution in [-0.4, -0.2) is 0 Å². The van der Waals surface area contributed by atoms with E-state index in [-0.39, 0.29) is 0 Å². The first-order valence-corrected chi connectivity index (χ1v) is 6.98. The third-order valence-electron chi connectivity index (χ3n) is 2.30. The van der Waals surface area contributed by atoms with Gasteiger partial charge in [0.25, 0.3) is 0 Å². The minimum absolute atomic E-state index is 0.604. The second-order valence-electron chi connectivity index (χ2n) is 3.56. The first kappa shape index (κ1) is 13.4. The molecule has 0 radical (unpaired) electrons. The van der Waals surface area contributed by atoms with E-state index in [9.17, 15) is 0 Å². The van der Waals surface area contributed by atoms with Crippen molar-refractivity contribution >= 4 is 54.8 Å². The van der Waals surface area contributed by atoms with Crippen LogP contribution in [0.15, 0.2) is 45.3 Å². The number of nitriles is 1. The first-order valence-electron chi connectivity index (χ1n) is 5.02. The van der Waals surface area contributed by atoms with Crippen LogP contribution in [0.2, 0.25) is 5.02 Å². The minimum atomic E-state index is 0.604. The summed E-state index contributed by atoms with van der Waals surface area (Å²) in [6.07, 6.45) is 0. The number of nitrogens with one attached hydrogen (secondary N) is 1. The van der Waals surface area contributed by atoms with Crippen molar-refractivity contribution in [2.24, 2.45) is 0 Å². The molecule has 0 aliphatic heterocycles. The van der Waals surface area contributed by atoms with Crippen molar-refractivity contribution in [3.8, 4) is 6.07 Å². The van der Waals surface area contributed by atoms with E-state index in [1.807, 2.05) is 24.3 Å². The Kier molecular flexibility index (Phi) is 4.28. The molecule has 0 unspecified atom stereocenters. The van der Waals surface area contributed by atoms with Crippen LogP contribution in [0.25, 0.3) is 0 Å². The maximum Gasteiger partial charge on any atom is 0.0992 e. The molecule has 0 aromatic heterocycles. The monoisotopic (exact) mass is 384 g/mol. The summed E-state index contributed by atoms with van der Waals surface area (Å²) in [7, 11) is 0. The molecule has 0 saturated carbocycles. The lowest BCUT2D eigenvalue weighted by atomic mass is 10.2. The smallest absolute Gasteiger partial charge is 0.0992 e. The van der Waals surface area contributed by atoms with Gasteiger partial charge in [0, 0.05) is 8.95 Å². The lowest BCUT2D eigenvalue weighted by Crippen LogP contribution is -1.93. The van der Waals surface area contributed by atoms with Gasteiger partial charge in [0.15, 0.2) is 0 Å². The van der Waals surface area contributed by atoms with Crippen molar-refractivity contribution in [2.75, 3.05) is 5.32 Å². The molecule has 18 heavy (non-hydrogen) atoms. The predicted molar refractivity (Wildman–Crippen MR) is 81.3 cm³/mol. The Morgan fingerprint density at radius 2 is 1.83 bits per heavy atom. The fraction of sp³-hybridized carbons (Fsp3) is 0. The molecule has 90 valence electrons. The van der Waals surface area contributed by atoms with E-state index in [0.717, 1.165) is 20.3 Å². The largest absolute Gasteiger partial charge is 0.353 e. The molecule has 2 aromatic rings. The number of anilines is 2. The summed E-state index contributed by atoms with van der Waals surface area (Å²) in [5.74, 6) is 0. The molecule has 0 aliphatic carbocycles. The number of hydrogen-bond donors (Lipinski definition) is 1. The molecular formula is C13H7Br2ClN2. The summed E-state index contributed by atoms with van der Waals surface area (Å²) in [6, 6.07) is 13.0. The molecule has 0 atom stereocenters. The second-order valence-corrected chi connectivity index (χ2v) is 5.73. The standard InChI is InChI=1S/C13H7Br2ClN2/c14-9-2-3-11(16)13(6-9)18-12-4-1-8(7-17)5-10(12)15/h1-6,18H. The van der Waals surface area contributed by atoms with Crippen molar-refractivity contribution in [3.05, 3.63) is 55.9 Å². The van der Waals surface area contributed by atoms with Crippen molar-refractivity contribution in [2.45, 2.75) is 0 Å². The van der Waals surface area contributed by atoms with Gasteiger partial charge in [0.05, 0.1) is 28.0 Å². The third-order valence-corrected chi connectivity index (χ3v) is 3.77. The summed E-state index contributed by atoms with van der Waals surface area (Å²) in [6.45, 7) is 0. The van der Waals surface area contributed by atoms with Gasteiger partial charge in [-0.15, -0.1) is 0 Å². The molecule has 0 amide bonds. The summed E-state index contributed by atoms with van der Waals surface area (Å²) < 4.78 is 1.76. The Hall–Kier alpha value is -1.02. The van der Waals surface area contributed by atoms with Crippen molar-refractivity contribution in [1.82, 2.24) is 0 Å². The van der Waals surface area contributed by atoms with E-state index in [1.165, 1.54) is 0 Å². The van der Waals surface area contributed by atoms with Gasteiger partial charge in [0.1, 0.15) is 0 Å². The van der Waals surface area contributed by atoms with Crippen LogP contribution in [0.4, 0.5) is 11.4 Å². The van der Waals surface area contributed by atoms with Crippen LogP contribution in [0.3, 0.4) is 0 Å². The maximum atomic E-state index is 8.80. The molecule has 5 heteroatoms. The molecular weight excluding hydrogens is 379 g/mol. The molecule has 2 aromatic carbocycles. The average molecular weight is 386 g/mol. The van der Waals surface area contributed by atoms with Crippen LogP contribution >= 0.6 is 43.5 Å². The number of benzene rings is 2. The lowest BCUT2D eigenvalue weighted by Gasteiger charge is -2.10. The SMILES string of the molecule is N#Cc1ccc(Nc2cc(Br)ccc2Cl)c(Br)c1. The van der Waals surface area contributed by atoms with Gasteiger partial charge < -0.3 is 5.32 Å². The molecule has 2 nitrogen and oxygen atoms in total. The fourth-order valence-corrected chi connectivity index (χ4v) is 2.43. The molecule has 2 rings (SSSR count). The topological polar surface area (TPSA) is 35.8 Å². The highest BCUT2D eigenvalue weighted by Crippen LogP contribution is 2.32. The summed E-state index contributed by atoms with van der Waals surface area (Å²) in [5, 5.41) is 12.7. The van der Waals surface area contributed by atoms with Gasteiger partial charge in [-0.3, -0.25) is 0 Å². The second kappa shape index (κ2) is 5.75. The first-order chi connectivity index (χ1) is 8.60. The highest BCUT2D eigenvalue weighted by Gasteiger charge is 2.05. The normalized spacial score (nSPS) is 9.89. The Morgan fingerprint density at radius 3 is 2.50 bits per heavy atom. The Balaban J connectivity index is 2.34. The Bertz CT molecular complexity index is 635.